The first-order valence-corrected chi connectivity index (χ1v) is 5.58. The Kier molecular flexibility index (Phi) is 4.15. The molecule has 1 atom stereocenters. The van der Waals surface area contributed by atoms with E-state index in [4.69, 9.17) is 5.73 Å². The van der Waals surface area contributed by atoms with Gasteiger partial charge in [0.2, 0.25) is 0 Å². The molecule has 2 nitrogen and oxygen atoms in total. The molecule has 1 aromatic rings. The molecule has 0 saturated carbocycles. The first-order valence-electron chi connectivity index (χ1n) is 5.58. The zero-order chi connectivity index (χ0) is 11.4. The Balaban J connectivity index is 2.79. The van der Waals surface area contributed by atoms with Crippen molar-refractivity contribution in [3.63, 3.8) is 0 Å². The van der Waals surface area contributed by atoms with Crippen molar-refractivity contribution in [1.82, 2.24) is 0 Å². The highest BCUT2D eigenvalue weighted by Gasteiger charge is 2.10. The fourth-order valence-electron chi connectivity index (χ4n) is 1.77. The van der Waals surface area contributed by atoms with Crippen LogP contribution in [0.3, 0.4) is 0 Å². The van der Waals surface area contributed by atoms with E-state index in [1.54, 1.807) is 0 Å². The molecule has 0 aliphatic heterocycles. The summed E-state index contributed by atoms with van der Waals surface area (Å²) in [5.41, 5.74) is 9.49. The maximum absolute atomic E-state index is 5.74. The van der Waals surface area contributed by atoms with Gasteiger partial charge in [0.1, 0.15) is 0 Å². The van der Waals surface area contributed by atoms with Crippen molar-refractivity contribution in [3.8, 4) is 0 Å². The highest BCUT2D eigenvalue weighted by Crippen LogP contribution is 2.16. The molecule has 3 N–H and O–H groups in total. The van der Waals surface area contributed by atoms with Crippen LogP contribution in [0.4, 0.5) is 5.69 Å². The minimum absolute atomic E-state index is 0.353. The lowest BCUT2D eigenvalue weighted by Gasteiger charge is -2.22. The highest BCUT2D eigenvalue weighted by molar-refractivity contribution is 5.49. The number of hydrogen-bond acceptors (Lipinski definition) is 2. The van der Waals surface area contributed by atoms with Crippen LogP contribution < -0.4 is 11.1 Å². The van der Waals surface area contributed by atoms with Crippen LogP contribution in [0, 0.1) is 19.8 Å². The molecule has 0 saturated heterocycles. The number of aryl methyl sites for hydroxylation is 2. The van der Waals surface area contributed by atoms with Gasteiger partial charge in [-0.2, -0.15) is 0 Å². The lowest BCUT2D eigenvalue weighted by Crippen LogP contribution is -2.33. The molecular weight excluding hydrogens is 184 g/mol. The molecule has 0 spiro atoms. The largest absolute Gasteiger partial charge is 0.381 e. The predicted octanol–water partition coefficient (Wildman–Crippen LogP) is 2.70. The molecule has 1 rings (SSSR count). The molecule has 84 valence electrons. The van der Waals surface area contributed by atoms with Crippen LogP contribution in [-0.4, -0.2) is 12.6 Å². The minimum Gasteiger partial charge on any atom is -0.381 e. The first-order chi connectivity index (χ1) is 7.02. The fraction of sp³-hybridized carbons (Fsp3) is 0.538. The van der Waals surface area contributed by atoms with Gasteiger partial charge in [0.25, 0.3) is 0 Å². The standard InChI is InChI=1S/C13H22N2/c1-9(2)13(8-14)15-12-6-10(3)5-11(4)7-12/h5-7,9,13,15H,8,14H2,1-4H3. The van der Waals surface area contributed by atoms with Crippen LogP contribution in [0.15, 0.2) is 18.2 Å². The zero-order valence-electron chi connectivity index (χ0n) is 10.2. The Morgan fingerprint density at radius 1 is 1.13 bits per heavy atom. The fourth-order valence-corrected chi connectivity index (χ4v) is 1.77. The predicted molar refractivity (Wildman–Crippen MR) is 67.2 cm³/mol. The monoisotopic (exact) mass is 206 g/mol. The molecule has 0 bridgehead atoms. The summed E-state index contributed by atoms with van der Waals surface area (Å²) in [6, 6.07) is 6.86. The van der Waals surface area contributed by atoms with Gasteiger partial charge in [-0.25, -0.2) is 0 Å². The summed E-state index contributed by atoms with van der Waals surface area (Å²) < 4.78 is 0. The van der Waals surface area contributed by atoms with Crippen LogP contribution in [0.1, 0.15) is 25.0 Å². The third-order valence-electron chi connectivity index (χ3n) is 2.63. The lowest BCUT2D eigenvalue weighted by molar-refractivity contribution is 0.531. The summed E-state index contributed by atoms with van der Waals surface area (Å²) in [4.78, 5) is 0. The van der Waals surface area contributed by atoms with Crippen LogP contribution >= 0.6 is 0 Å². The maximum atomic E-state index is 5.74. The van der Waals surface area contributed by atoms with E-state index < -0.39 is 0 Å². The van der Waals surface area contributed by atoms with E-state index in [2.05, 4.69) is 51.2 Å². The molecule has 15 heavy (non-hydrogen) atoms. The van der Waals surface area contributed by atoms with E-state index in [0.29, 0.717) is 18.5 Å². The number of rotatable bonds is 4. The Bertz CT molecular complexity index is 298. The van der Waals surface area contributed by atoms with Gasteiger partial charge in [-0.3, -0.25) is 0 Å². The normalized spacial score (nSPS) is 12.9. The minimum atomic E-state index is 0.353. The van der Waals surface area contributed by atoms with E-state index in [0.717, 1.165) is 0 Å². The molecule has 2 heteroatoms. The quantitative estimate of drug-likeness (QED) is 0.795. The summed E-state index contributed by atoms with van der Waals surface area (Å²) in [5.74, 6) is 0.552. The molecule has 0 aromatic heterocycles. The SMILES string of the molecule is Cc1cc(C)cc(NC(CN)C(C)C)c1. The average molecular weight is 206 g/mol. The van der Waals surface area contributed by atoms with E-state index in [1.165, 1.54) is 16.8 Å². The number of benzene rings is 1. The maximum Gasteiger partial charge on any atom is 0.0406 e. The number of nitrogens with one attached hydrogen (secondary N) is 1. The Labute approximate surface area is 92.9 Å². The first kappa shape index (κ1) is 12.1. The Hall–Kier alpha value is -1.02. The molecule has 0 fully saturated rings. The van der Waals surface area contributed by atoms with E-state index in [9.17, 15) is 0 Å². The topological polar surface area (TPSA) is 38.0 Å². The molecule has 0 aliphatic carbocycles. The third kappa shape index (κ3) is 3.56. The lowest BCUT2D eigenvalue weighted by atomic mass is 10.0. The molecule has 0 radical (unpaired) electrons. The van der Waals surface area contributed by atoms with Gasteiger partial charge < -0.3 is 11.1 Å². The van der Waals surface area contributed by atoms with Gasteiger partial charge in [-0.15, -0.1) is 0 Å². The van der Waals surface area contributed by atoms with Gasteiger partial charge in [0.05, 0.1) is 0 Å². The summed E-state index contributed by atoms with van der Waals surface area (Å²) in [6.07, 6.45) is 0. The van der Waals surface area contributed by atoms with Gasteiger partial charge in [-0.05, 0) is 43.0 Å². The van der Waals surface area contributed by atoms with Gasteiger partial charge >= 0.3 is 0 Å². The summed E-state index contributed by atoms with van der Waals surface area (Å²) in [5, 5.41) is 3.48. The van der Waals surface area contributed by atoms with Crippen molar-refractivity contribution in [2.45, 2.75) is 33.7 Å². The average Bonchev–Trinajstić information content (AvgIpc) is 2.12. The molecule has 0 heterocycles. The number of anilines is 1. The molecule has 0 aliphatic rings. The molecule has 1 aromatic carbocycles. The molecule has 0 amide bonds. The van der Waals surface area contributed by atoms with E-state index in [1.807, 2.05) is 0 Å². The van der Waals surface area contributed by atoms with Crippen LogP contribution in [0.5, 0.6) is 0 Å². The van der Waals surface area contributed by atoms with Gasteiger partial charge in [0, 0.05) is 18.3 Å². The van der Waals surface area contributed by atoms with Crippen molar-refractivity contribution in [3.05, 3.63) is 29.3 Å². The Morgan fingerprint density at radius 3 is 2.07 bits per heavy atom. The van der Waals surface area contributed by atoms with Gasteiger partial charge in [0.15, 0.2) is 0 Å². The second-order valence-electron chi connectivity index (χ2n) is 4.61. The summed E-state index contributed by atoms with van der Waals surface area (Å²) in [6.45, 7) is 9.28. The summed E-state index contributed by atoms with van der Waals surface area (Å²) in [7, 11) is 0. The number of nitrogens with two attached hydrogens (primary N) is 1. The van der Waals surface area contributed by atoms with E-state index >= 15 is 0 Å². The van der Waals surface area contributed by atoms with Crippen LogP contribution in [-0.2, 0) is 0 Å². The zero-order valence-corrected chi connectivity index (χ0v) is 10.2. The van der Waals surface area contributed by atoms with Crippen LogP contribution in [0.2, 0.25) is 0 Å². The van der Waals surface area contributed by atoms with Crippen molar-refractivity contribution >= 4 is 5.69 Å². The van der Waals surface area contributed by atoms with Crippen molar-refractivity contribution in [2.75, 3.05) is 11.9 Å². The highest BCUT2D eigenvalue weighted by atomic mass is 14.9. The second kappa shape index (κ2) is 5.17. The van der Waals surface area contributed by atoms with E-state index in [-0.39, 0.29) is 0 Å². The molecular formula is C13H22N2. The number of hydrogen-bond donors (Lipinski definition) is 2. The van der Waals surface area contributed by atoms with Crippen molar-refractivity contribution in [1.29, 1.82) is 0 Å². The Morgan fingerprint density at radius 2 is 1.67 bits per heavy atom. The van der Waals surface area contributed by atoms with Crippen molar-refractivity contribution < 1.29 is 0 Å². The van der Waals surface area contributed by atoms with Crippen molar-refractivity contribution in [2.24, 2.45) is 11.7 Å². The second-order valence-corrected chi connectivity index (χ2v) is 4.61. The van der Waals surface area contributed by atoms with Gasteiger partial charge in [-0.1, -0.05) is 19.9 Å². The summed E-state index contributed by atoms with van der Waals surface area (Å²) >= 11 is 0. The van der Waals surface area contributed by atoms with Crippen LogP contribution in [0.25, 0.3) is 0 Å². The third-order valence-corrected chi connectivity index (χ3v) is 2.63. The molecule has 1 unspecified atom stereocenters. The smallest absolute Gasteiger partial charge is 0.0406 e.